The van der Waals surface area contributed by atoms with E-state index in [1.165, 1.54) is 41.8 Å². The fourth-order valence-electron chi connectivity index (χ4n) is 8.58. The molecule has 78 heavy (non-hydrogen) atoms. The molecule has 16 nitrogen and oxygen atoms in total. The van der Waals surface area contributed by atoms with E-state index < -0.39 is 57.9 Å². The lowest BCUT2D eigenvalue weighted by molar-refractivity contribution is -0.155. The van der Waals surface area contributed by atoms with Gasteiger partial charge in [0.05, 0.1) is 39.7 Å². The molecular weight excluding hydrogens is 1010 g/mol. The van der Waals surface area contributed by atoms with Crippen molar-refractivity contribution >= 4 is 62.7 Å². The zero-order valence-corrected chi connectivity index (χ0v) is 46.8. The summed E-state index contributed by atoms with van der Waals surface area (Å²) < 4.78 is 48.2. The van der Waals surface area contributed by atoms with Gasteiger partial charge in [-0.1, -0.05) is 42.7 Å². The second-order valence-corrected chi connectivity index (χ2v) is 22.7. The van der Waals surface area contributed by atoms with E-state index >= 15 is 0 Å². The van der Waals surface area contributed by atoms with Crippen molar-refractivity contribution in [1.29, 1.82) is 0 Å². The second kappa shape index (κ2) is 24.8. The summed E-state index contributed by atoms with van der Waals surface area (Å²) in [6.45, 7) is 27.2. The van der Waals surface area contributed by atoms with Gasteiger partial charge in [0.15, 0.2) is 11.5 Å². The Morgan fingerprint density at radius 3 is 1.73 bits per heavy atom. The number of fused-ring (bicyclic) bond motifs is 1. The lowest BCUT2D eigenvalue weighted by atomic mass is 9.92. The van der Waals surface area contributed by atoms with Crippen LogP contribution in [0.2, 0.25) is 0 Å². The number of thiazole rings is 1. The number of nitrogens with one attached hydrogen (secondary N) is 1. The zero-order chi connectivity index (χ0) is 57.1. The summed E-state index contributed by atoms with van der Waals surface area (Å²) in [5, 5.41) is 4.99. The summed E-state index contributed by atoms with van der Waals surface area (Å²) in [6.07, 6.45) is 4.69. The van der Waals surface area contributed by atoms with E-state index in [0.717, 1.165) is 27.9 Å². The number of hydrogen-bond acceptors (Lipinski definition) is 17. The predicted molar refractivity (Wildman–Crippen MR) is 300 cm³/mol. The van der Waals surface area contributed by atoms with Crippen LogP contribution in [-0.4, -0.2) is 75.7 Å². The number of anilines is 1. The maximum absolute atomic E-state index is 14.0. The molecule has 6 aromatic rings. The molecule has 0 atom stereocenters. The minimum Gasteiger partial charge on any atom is -0.488 e. The first-order chi connectivity index (χ1) is 36.6. The average Bonchev–Trinajstić information content (AvgIpc) is 3.77. The number of para-hydroxylation sites is 1. The van der Waals surface area contributed by atoms with E-state index in [-0.39, 0.29) is 47.0 Å². The lowest BCUT2D eigenvalue weighted by Gasteiger charge is -2.35. The van der Waals surface area contributed by atoms with Gasteiger partial charge in [-0.15, -0.1) is 0 Å². The molecule has 0 fully saturated rings. The van der Waals surface area contributed by atoms with Crippen LogP contribution in [0.25, 0.3) is 10.2 Å². The van der Waals surface area contributed by atoms with Gasteiger partial charge in [0.1, 0.15) is 45.3 Å². The first kappa shape index (κ1) is 58.9. The van der Waals surface area contributed by atoms with Crippen molar-refractivity contribution in [2.45, 2.75) is 123 Å². The van der Waals surface area contributed by atoms with Gasteiger partial charge in [-0.25, -0.2) is 29.0 Å². The third-order valence-corrected chi connectivity index (χ3v) is 12.1. The largest absolute Gasteiger partial charge is 0.488 e. The maximum Gasteiger partial charge on any atom is 0.343 e. The van der Waals surface area contributed by atoms with Gasteiger partial charge in [-0.2, -0.15) is 5.10 Å². The SMILES string of the molecule is C=CC(=O)OC(C)(C)CC(C)(C)Oc1ccc(C(=O)Oc2ccc(C(=O)OCCc3ccc(OC(=O)c4ccc(OC(C)(C)C)c(OC(C)(C)CC(C)(C)OC(=O)C=C)c4)c(/C=N/Nc4nc5ccccc5s4)c3)cc2)cc1. The highest BCUT2D eigenvalue weighted by atomic mass is 32.1. The zero-order valence-electron chi connectivity index (χ0n) is 46.0. The molecule has 0 radical (unpaired) electrons. The van der Waals surface area contributed by atoms with Crippen LogP contribution in [0.5, 0.6) is 28.7 Å². The van der Waals surface area contributed by atoms with Crippen LogP contribution < -0.4 is 29.1 Å². The number of carbonyl (C=O) groups is 5. The van der Waals surface area contributed by atoms with Crippen LogP contribution in [0, 0.1) is 0 Å². The Morgan fingerprint density at radius 2 is 1.13 bits per heavy atom. The van der Waals surface area contributed by atoms with Crippen molar-refractivity contribution in [1.82, 2.24) is 4.98 Å². The standard InChI is InChI=1S/C61H67N3O13S/c1-14-51(65)76-60(10,11)37-58(6,7)73-45-28-23-41(24-29-45)54(68)71-44-26-21-40(22-27-44)53(67)70-33-32-39-20-30-47(43(34-39)36-62-64-56-63-46-18-16-17-19-50(46)78-56)72-55(69)42-25-31-48(74-57(3,4)5)49(35-42)75-59(8,9)38-61(12,13)77-52(66)15-2/h14-31,34-36H,1-2,32-33,37-38H2,3-13H3,(H,63,64)/b62-36+. The van der Waals surface area contributed by atoms with Gasteiger partial charge in [0, 0.05) is 37.0 Å². The number of aromatic nitrogens is 1. The molecule has 1 N–H and O–H groups in total. The molecule has 1 aromatic heterocycles. The fourth-order valence-corrected chi connectivity index (χ4v) is 9.40. The molecule has 17 heteroatoms. The van der Waals surface area contributed by atoms with Gasteiger partial charge < -0.3 is 37.9 Å². The Bertz CT molecular complexity index is 3150. The molecular formula is C61H67N3O13S. The summed E-state index contributed by atoms with van der Waals surface area (Å²) in [5.74, 6) is -1.39. The van der Waals surface area contributed by atoms with Crippen LogP contribution in [0.1, 0.15) is 131 Å². The highest BCUT2D eigenvalue weighted by Gasteiger charge is 2.35. The minimum atomic E-state index is -0.920. The van der Waals surface area contributed by atoms with Crippen molar-refractivity contribution in [2.24, 2.45) is 5.10 Å². The van der Waals surface area contributed by atoms with Crippen LogP contribution in [0.15, 0.2) is 140 Å². The van der Waals surface area contributed by atoms with Crippen LogP contribution in [0.4, 0.5) is 5.13 Å². The van der Waals surface area contributed by atoms with E-state index in [2.05, 4.69) is 28.7 Å². The van der Waals surface area contributed by atoms with E-state index in [9.17, 15) is 24.0 Å². The van der Waals surface area contributed by atoms with Gasteiger partial charge in [-0.05, 0) is 173 Å². The Kier molecular flexibility index (Phi) is 18.7. The molecule has 0 spiro atoms. The van der Waals surface area contributed by atoms with Crippen molar-refractivity contribution in [3.8, 4) is 28.7 Å². The minimum absolute atomic E-state index is 0.00262. The van der Waals surface area contributed by atoms with Gasteiger partial charge in [0.2, 0.25) is 5.13 Å². The molecule has 0 aliphatic carbocycles. The van der Waals surface area contributed by atoms with Crippen LogP contribution in [0.3, 0.4) is 0 Å². The summed E-state index contributed by atoms with van der Waals surface area (Å²) in [4.78, 5) is 68.7. The molecule has 1 heterocycles. The van der Waals surface area contributed by atoms with Crippen molar-refractivity contribution in [3.63, 3.8) is 0 Å². The Morgan fingerprint density at radius 1 is 0.577 bits per heavy atom. The molecule has 0 saturated heterocycles. The highest BCUT2D eigenvalue weighted by Crippen LogP contribution is 2.38. The van der Waals surface area contributed by atoms with E-state index in [1.54, 1.807) is 88.4 Å². The predicted octanol–water partition coefficient (Wildman–Crippen LogP) is 12.9. The van der Waals surface area contributed by atoms with Gasteiger partial charge >= 0.3 is 29.8 Å². The molecule has 0 unspecified atom stereocenters. The molecule has 0 aliphatic rings. The van der Waals surface area contributed by atoms with Gasteiger partial charge in [0.25, 0.3) is 0 Å². The van der Waals surface area contributed by atoms with Gasteiger partial charge in [-0.3, -0.25) is 5.43 Å². The molecule has 0 saturated carbocycles. The molecule has 0 aliphatic heterocycles. The summed E-state index contributed by atoms with van der Waals surface area (Å²) in [6, 6.07) is 30.1. The summed E-state index contributed by atoms with van der Waals surface area (Å²) in [5.41, 5.74) is 1.69. The van der Waals surface area contributed by atoms with Crippen LogP contribution in [-0.2, 0) is 30.2 Å². The first-order valence-electron chi connectivity index (χ1n) is 25.1. The number of nitrogens with zero attached hydrogens (tertiary/aromatic N) is 2. The molecule has 0 bridgehead atoms. The van der Waals surface area contributed by atoms with Crippen LogP contribution >= 0.6 is 11.3 Å². The number of esters is 5. The highest BCUT2D eigenvalue weighted by molar-refractivity contribution is 7.22. The number of rotatable bonds is 24. The summed E-state index contributed by atoms with van der Waals surface area (Å²) in [7, 11) is 0. The third-order valence-electron chi connectivity index (χ3n) is 11.1. The van der Waals surface area contributed by atoms with Crippen molar-refractivity contribution in [2.75, 3.05) is 12.0 Å². The molecule has 410 valence electrons. The maximum atomic E-state index is 14.0. The quantitative estimate of drug-likeness (QED) is 0.0150. The first-order valence-corrected chi connectivity index (χ1v) is 25.9. The topological polar surface area (TPSA) is 196 Å². The fraction of sp³-hybridized carbons (Fsp3) is 0.328. The Hall–Kier alpha value is -8.31. The Labute approximate surface area is 459 Å². The lowest BCUT2D eigenvalue weighted by Crippen LogP contribution is -2.40. The normalized spacial score (nSPS) is 12.0. The van der Waals surface area contributed by atoms with Crippen molar-refractivity contribution < 1.29 is 61.9 Å². The number of benzene rings is 5. The smallest absolute Gasteiger partial charge is 0.343 e. The van der Waals surface area contributed by atoms with E-state index in [4.69, 9.17) is 37.9 Å². The summed E-state index contributed by atoms with van der Waals surface area (Å²) >= 11 is 1.43. The van der Waals surface area contributed by atoms with Crippen molar-refractivity contribution in [3.05, 3.63) is 162 Å². The monoisotopic (exact) mass is 1080 g/mol. The number of hydrazone groups is 1. The second-order valence-electron chi connectivity index (χ2n) is 21.7. The molecule has 6 rings (SSSR count). The third kappa shape index (κ3) is 17.9. The van der Waals surface area contributed by atoms with E-state index in [1.807, 2.05) is 72.7 Å². The number of carbonyl (C=O) groups excluding carboxylic acids is 5. The molecule has 5 aromatic carbocycles. The number of hydrogen-bond donors (Lipinski definition) is 1. The average molecular weight is 1080 g/mol. The van der Waals surface area contributed by atoms with E-state index in [0.29, 0.717) is 35.0 Å². The Balaban J connectivity index is 1.11. The molecule has 0 amide bonds. The number of ether oxygens (including phenoxy) is 8.